The lowest BCUT2D eigenvalue weighted by molar-refractivity contribution is 0.0847. The highest BCUT2D eigenvalue weighted by molar-refractivity contribution is 6.33. The van der Waals surface area contributed by atoms with E-state index in [2.05, 4.69) is 10.9 Å². The van der Waals surface area contributed by atoms with Crippen molar-refractivity contribution in [2.75, 3.05) is 0 Å². The van der Waals surface area contributed by atoms with E-state index in [1.807, 2.05) is 30.3 Å². The highest BCUT2D eigenvalue weighted by Crippen LogP contribution is 2.16. The molecule has 0 saturated heterocycles. The van der Waals surface area contributed by atoms with E-state index in [-0.39, 0.29) is 0 Å². The van der Waals surface area contributed by atoms with E-state index in [1.54, 1.807) is 36.4 Å². The van der Waals surface area contributed by atoms with Crippen LogP contribution in [0.15, 0.2) is 66.7 Å². The molecule has 5 heteroatoms. The molecule has 3 aromatic carbocycles. The number of carbonyl (C=O) groups excluding carboxylic acids is 2. The summed E-state index contributed by atoms with van der Waals surface area (Å²) in [7, 11) is 0. The van der Waals surface area contributed by atoms with Crippen LogP contribution in [0.3, 0.4) is 0 Å². The molecule has 2 amide bonds. The van der Waals surface area contributed by atoms with Gasteiger partial charge in [-0.05, 0) is 35.0 Å². The Labute approximate surface area is 138 Å². The molecule has 0 saturated carbocycles. The van der Waals surface area contributed by atoms with Gasteiger partial charge >= 0.3 is 0 Å². The van der Waals surface area contributed by atoms with Gasteiger partial charge in [0, 0.05) is 5.56 Å². The minimum absolute atomic E-state index is 0.299. The van der Waals surface area contributed by atoms with Gasteiger partial charge < -0.3 is 0 Å². The van der Waals surface area contributed by atoms with Gasteiger partial charge in [0.05, 0.1) is 10.6 Å². The SMILES string of the molecule is O=C(NNC(=O)c1ccccc1Cl)c1ccc2ccccc2c1. The Morgan fingerprint density at radius 3 is 2.17 bits per heavy atom. The van der Waals surface area contributed by atoms with Crippen LogP contribution in [0.25, 0.3) is 10.8 Å². The van der Waals surface area contributed by atoms with Crippen molar-refractivity contribution >= 4 is 34.2 Å². The first kappa shape index (κ1) is 15.1. The first-order valence-corrected chi connectivity index (χ1v) is 7.37. The summed E-state index contributed by atoms with van der Waals surface area (Å²) in [5.74, 6) is -0.860. The van der Waals surface area contributed by atoms with Crippen LogP contribution in [0.1, 0.15) is 20.7 Å². The lowest BCUT2D eigenvalue weighted by Crippen LogP contribution is -2.41. The van der Waals surface area contributed by atoms with Crippen molar-refractivity contribution in [3.8, 4) is 0 Å². The Morgan fingerprint density at radius 2 is 1.39 bits per heavy atom. The molecular formula is C18H13ClN2O2. The lowest BCUT2D eigenvalue weighted by atomic mass is 10.1. The molecular weight excluding hydrogens is 312 g/mol. The third-order valence-corrected chi connectivity index (χ3v) is 3.75. The second-order valence-corrected chi connectivity index (χ2v) is 5.36. The normalized spacial score (nSPS) is 10.3. The summed E-state index contributed by atoms with van der Waals surface area (Å²) in [6.07, 6.45) is 0. The van der Waals surface area contributed by atoms with Crippen LogP contribution in [0.2, 0.25) is 5.02 Å². The molecule has 0 fully saturated rings. The number of halogens is 1. The summed E-state index contributed by atoms with van der Waals surface area (Å²) in [6.45, 7) is 0. The average molecular weight is 325 g/mol. The maximum atomic E-state index is 12.2. The van der Waals surface area contributed by atoms with Crippen LogP contribution >= 0.6 is 11.6 Å². The fraction of sp³-hybridized carbons (Fsp3) is 0. The Kier molecular flexibility index (Phi) is 4.26. The van der Waals surface area contributed by atoms with Gasteiger partial charge in [0.2, 0.25) is 0 Å². The highest BCUT2D eigenvalue weighted by atomic mass is 35.5. The topological polar surface area (TPSA) is 58.2 Å². The van der Waals surface area contributed by atoms with E-state index in [4.69, 9.17) is 11.6 Å². The third-order valence-electron chi connectivity index (χ3n) is 3.42. The van der Waals surface area contributed by atoms with Gasteiger partial charge in [-0.3, -0.25) is 20.4 Å². The summed E-state index contributed by atoms with van der Waals surface area (Å²) < 4.78 is 0. The minimum atomic E-state index is -0.468. The number of benzene rings is 3. The van der Waals surface area contributed by atoms with Gasteiger partial charge in [0.1, 0.15) is 0 Å². The van der Waals surface area contributed by atoms with Gasteiger partial charge in [-0.15, -0.1) is 0 Å². The predicted octanol–water partition coefficient (Wildman–Crippen LogP) is 3.57. The molecule has 2 N–H and O–H groups in total. The van der Waals surface area contributed by atoms with Crippen molar-refractivity contribution in [3.63, 3.8) is 0 Å². The van der Waals surface area contributed by atoms with Crippen LogP contribution < -0.4 is 10.9 Å². The molecule has 0 spiro atoms. The lowest BCUT2D eigenvalue weighted by Gasteiger charge is -2.09. The summed E-state index contributed by atoms with van der Waals surface area (Å²) in [6, 6.07) is 19.7. The molecule has 0 aliphatic heterocycles. The van der Waals surface area contributed by atoms with Crippen molar-refractivity contribution in [2.24, 2.45) is 0 Å². The molecule has 114 valence electrons. The van der Waals surface area contributed by atoms with Gasteiger partial charge in [-0.1, -0.05) is 54.1 Å². The fourth-order valence-electron chi connectivity index (χ4n) is 2.23. The summed E-state index contributed by atoms with van der Waals surface area (Å²) in [5, 5.41) is 2.33. The molecule has 0 aliphatic carbocycles. The molecule has 0 aromatic heterocycles. The fourth-order valence-corrected chi connectivity index (χ4v) is 2.45. The summed E-state index contributed by atoms with van der Waals surface area (Å²) in [4.78, 5) is 24.2. The number of hydrogen-bond acceptors (Lipinski definition) is 2. The van der Waals surface area contributed by atoms with E-state index in [0.717, 1.165) is 10.8 Å². The number of carbonyl (C=O) groups is 2. The minimum Gasteiger partial charge on any atom is -0.267 e. The molecule has 23 heavy (non-hydrogen) atoms. The predicted molar refractivity (Wildman–Crippen MR) is 90.3 cm³/mol. The third kappa shape index (κ3) is 3.33. The number of nitrogens with one attached hydrogen (secondary N) is 2. The zero-order chi connectivity index (χ0) is 16.2. The highest BCUT2D eigenvalue weighted by Gasteiger charge is 2.11. The van der Waals surface area contributed by atoms with E-state index < -0.39 is 11.8 Å². The molecule has 0 aliphatic rings. The number of hydrazine groups is 1. The number of amides is 2. The number of rotatable bonds is 2. The zero-order valence-electron chi connectivity index (χ0n) is 12.0. The second-order valence-electron chi connectivity index (χ2n) is 4.95. The van der Waals surface area contributed by atoms with E-state index in [0.29, 0.717) is 16.1 Å². The summed E-state index contributed by atoms with van der Waals surface area (Å²) >= 11 is 5.94. The van der Waals surface area contributed by atoms with Gasteiger partial charge in [0.15, 0.2) is 0 Å². The maximum Gasteiger partial charge on any atom is 0.271 e. The van der Waals surface area contributed by atoms with Crippen LogP contribution in [0.5, 0.6) is 0 Å². The standard InChI is InChI=1S/C18H13ClN2O2/c19-16-8-4-3-7-15(16)18(23)21-20-17(22)14-10-9-12-5-1-2-6-13(12)11-14/h1-11H,(H,20,22)(H,21,23). The largest absolute Gasteiger partial charge is 0.271 e. The van der Waals surface area contributed by atoms with E-state index in [1.165, 1.54) is 0 Å². The molecule has 3 aromatic rings. The van der Waals surface area contributed by atoms with Crippen LogP contribution in [-0.2, 0) is 0 Å². The Morgan fingerprint density at radius 1 is 0.739 bits per heavy atom. The van der Waals surface area contributed by atoms with Crippen LogP contribution in [0, 0.1) is 0 Å². The molecule has 4 nitrogen and oxygen atoms in total. The van der Waals surface area contributed by atoms with Crippen molar-refractivity contribution in [2.45, 2.75) is 0 Å². The van der Waals surface area contributed by atoms with Gasteiger partial charge in [0.25, 0.3) is 11.8 Å². The Bertz CT molecular complexity index is 893. The quantitative estimate of drug-likeness (QED) is 0.708. The molecule has 0 bridgehead atoms. The van der Waals surface area contributed by atoms with Gasteiger partial charge in [-0.25, -0.2) is 0 Å². The number of hydrogen-bond donors (Lipinski definition) is 2. The molecule has 0 heterocycles. The Balaban J connectivity index is 1.71. The van der Waals surface area contributed by atoms with Crippen LogP contribution in [0.4, 0.5) is 0 Å². The number of fused-ring (bicyclic) bond motifs is 1. The van der Waals surface area contributed by atoms with Crippen molar-refractivity contribution in [3.05, 3.63) is 82.9 Å². The maximum absolute atomic E-state index is 12.2. The average Bonchev–Trinajstić information content (AvgIpc) is 2.59. The molecule has 0 atom stereocenters. The molecule has 0 radical (unpaired) electrons. The second kappa shape index (κ2) is 6.50. The van der Waals surface area contributed by atoms with Gasteiger partial charge in [-0.2, -0.15) is 0 Å². The van der Waals surface area contributed by atoms with Crippen LogP contribution in [-0.4, -0.2) is 11.8 Å². The monoisotopic (exact) mass is 324 g/mol. The molecule has 3 rings (SSSR count). The summed E-state index contributed by atoms with van der Waals surface area (Å²) in [5.41, 5.74) is 5.52. The zero-order valence-corrected chi connectivity index (χ0v) is 12.8. The first-order valence-electron chi connectivity index (χ1n) is 6.99. The smallest absolute Gasteiger partial charge is 0.267 e. The Hall–Kier alpha value is -2.85. The van der Waals surface area contributed by atoms with E-state index >= 15 is 0 Å². The van der Waals surface area contributed by atoms with Crippen molar-refractivity contribution in [1.29, 1.82) is 0 Å². The first-order chi connectivity index (χ1) is 11.1. The van der Waals surface area contributed by atoms with Crippen molar-refractivity contribution < 1.29 is 9.59 Å². The molecule has 0 unspecified atom stereocenters. The van der Waals surface area contributed by atoms with Crippen molar-refractivity contribution in [1.82, 2.24) is 10.9 Å². The van der Waals surface area contributed by atoms with E-state index in [9.17, 15) is 9.59 Å².